The zero-order valence-electron chi connectivity index (χ0n) is 8.07. The van der Waals surface area contributed by atoms with Crippen molar-refractivity contribution < 1.29 is 4.79 Å². The second-order valence-corrected chi connectivity index (χ2v) is 2.97. The van der Waals surface area contributed by atoms with Crippen LogP contribution in [0.4, 0.5) is 0 Å². The Morgan fingerprint density at radius 2 is 2.29 bits per heavy atom. The molecule has 0 saturated carbocycles. The van der Waals surface area contributed by atoms with Crippen LogP contribution in [-0.4, -0.2) is 11.3 Å². The number of carbonyl (C=O) groups excluding carboxylic acids is 1. The van der Waals surface area contributed by atoms with E-state index in [9.17, 15) is 4.79 Å². The minimum atomic E-state index is 0.638. The molecule has 0 bridgehead atoms. The highest BCUT2D eigenvalue weighted by atomic mass is 16.1. The average molecular weight is 187 g/mol. The van der Waals surface area contributed by atoms with Crippen LogP contribution < -0.4 is 0 Å². The fourth-order valence-electron chi connectivity index (χ4n) is 1.18. The van der Waals surface area contributed by atoms with Crippen molar-refractivity contribution in [2.24, 2.45) is 0 Å². The molecule has 0 aliphatic rings. The van der Waals surface area contributed by atoms with E-state index in [-0.39, 0.29) is 0 Å². The zero-order chi connectivity index (χ0) is 10.1. The van der Waals surface area contributed by atoms with Crippen LogP contribution in [0.2, 0.25) is 0 Å². The second-order valence-electron chi connectivity index (χ2n) is 2.97. The number of unbranched alkanes of at least 4 members (excludes halogenated alkanes) is 2. The van der Waals surface area contributed by atoms with Crippen molar-refractivity contribution in [1.29, 1.82) is 0 Å². The van der Waals surface area contributed by atoms with Crippen LogP contribution in [-0.2, 0) is 11.2 Å². The van der Waals surface area contributed by atoms with Gasteiger partial charge in [0.2, 0.25) is 0 Å². The lowest BCUT2D eigenvalue weighted by Crippen LogP contribution is -1.88. The van der Waals surface area contributed by atoms with Crippen molar-refractivity contribution in [3.05, 3.63) is 30.1 Å². The smallest absolute Gasteiger partial charge is 0.192 e. The quantitative estimate of drug-likeness (QED) is 0.410. The summed E-state index contributed by atoms with van der Waals surface area (Å²) in [5, 5.41) is 0. The van der Waals surface area contributed by atoms with Gasteiger partial charge in [-0.25, -0.2) is 0 Å². The second kappa shape index (κ2) is 6.85. The summed E-state index contributed by atoms with van der Waals surface area (Å²) in [5.74, 6) is 5.18. The normalized spacial score (nSPS) is 8.86. The topological polar surface area (TPSA) is 30.0 Å². The predicted molar refractivity (Wildman–Crippen MR) is 55.6 cm³/mol. The minimum Gasteiger partial charge on any atom is -0.289 e. The first-order valence-electron chi connectivity index (χ1n) is 4.75. The predicted octanol–water partition coefficient (Wildman–Crippen LogP) is 2.00. The van der Waals surface area contributed by atoms with Gasteiger partial charge in [-0.1, -0.05) is 12.0 Å². The van der Waals surface area contributed by atoms with Crippen molar-refractivity contribution in [2.45, 2.75) is 25.7 Å². The molecule has 1 aromatic heterocycles. The zero-order valence-corrected chi connectivity index (χ0v) is 8.07. The summed E-state index contributed by atoms with van der Waals surface area (Å²) in [5.41, 5.74) is 1.12. The highest BCUT2D eigenvalue weighted by Gasteiger charge is 1.91. The lowest BCUT2D eigenvalue weighted by molar-refractivity contribution is -0.103. The number of nitrogens with zero attached hydrogens (tertiary/aromatic N) is 1. The number of carbonyl (C=O) groups is 1. The third-order valence-electron chi connectivity index (χ3n) is 1.87. The first-order chi connectivity index (χ1) is 6.93. The summed E-state index contributed by atoms with van der Waals surface area (Å²) in [6.07, 6.45) is 6.33. The molecule has 0 aromatic carbocycles. The van der Waals surface area contributed by atoms with Gasteiger partial charge in [0.15, 0.2) is 6.29 Å². The Morgan fingerprint density at radius 3 is 3.00 bits per heavy atom. The van der Waals surface area contributed by atoms with Gasteiger partial charge >= 0.3 is 0 Å². The molecular formula is C12H13NO. The number of pyridine rings is 1. The molecule has 0 spiro atoms. The highest BCUT2D eigenvalue weighted by Crippen LogP contribution is 2.02. The Labute approximate surface area is 84.4 Å². The lowest BCUT2D eigenvalue weighted by atomic mass is 10.1. The molecule has 1 heterocycles. The minimum absolute atomic E-state index is 0.638. The van der Waals surface area contributed by atoms with Gasteiger partial charge in [-0.3, -0.25) is 9.78 Å². The Hall–Kier alpha value is -1.62. The number of aldehydes is 1. The number of aromatic nitrogens is 1. The largest absolute Gasteiger partial charge is 0.289 e. The molecule has 2 nitrogen and oxygen atoms in total. The van der Waals surface area contributed by atoms with Gasteiger partial charge in [0.1, 0.15) is 0 Å². The molecule has 0 fully saturated rings. The van der Waals surface area contributed by atoms with Gasteiger partial charge in [-0.2, -0.15) is 0 Å². The SMILES string of the molecule is O=CC#CCCCCc1ccccn1. The molecule has 0 atom stereocenters. The maximum atomic E-state index is 9.88. The molecule has 1 rings (SSSR count). The Morgan fingerprint density at radius 1 is 1.36 bits per heavy atom. The number of hydrogen-bond donors (Lipinski definition) is 0. The molecule has 2 heteroatoms. The van der Waals surface area contributed by atoms with Crippen LogP contribution in [0.3, 0.4) is 0 Å². The molecule has 14 heavy (non-hydrogen) atoms. The summed E-state index contributed by atoms with van der Waals surface area (Å²) >= 11 is 0. The average Bonchev–Trinajstić information content (AvgIpc) is 2.25. The van der Waals surface area contributed by atoms with Crippen LogP contribution in [0.1, 0.15) is 25.0 Å². The molecule has 72 valence electrons. The van der Waals surface area contributed by atoms with Gasteiger partial charge in [-0.05, 0) is 37.3 Å². The molecule has 0 saturated heterocycles. The fraction of sp³-hybridized carbons (Fsp3) is 0.333. The molecule has 0 radical (unpaired) electrons. The fourth-order valence-corrected chi connectivity index (χ4v) is 1.18. The first-order valence-corrected chi connectivity index (χ1v) is 4.75. The number of hydrogen-bond acceptors (Lipinski definition) is 2. The summed E-state index contributed by atoms with van der Waals surface area (Å²) in [7, 11) is 0. The van der Waals surface area contributed by atoms with E-state index in [2.05, 4.69) is 16.8 Å². The van der Waals surface area contributed by atoms with Crippen molar-refractivity contribution in [3.8, 4) is 11.8 Å². The molecule has 0 unspecified atom stereocenters. The van der Waals surface area contributed by atoms with Gasteiger partial charge in [0.05, 0.1) is 0 Å². The van der Waals surface area contributed by atoms with Gasteiger partial charge in [0.25, 0.3) is 0 Å². The monoisotopic (exact) mass is 187 g/mol. The van der Waals surface area contributed by atoms with Crippen LogP contribution in [0.5, 0.6) is 0 Å². The molecule has 0 aliphatic heterocycles. The molecular weight excluding hydrogens is 174 g/mol. The number of rotatable bonds is 4. The Kier molecular flexibility index (Phi) is 5.12. The summed E-state index contributed by atoms with van der Waals surface area (Å²) in [6.45, 7) is 0. The summed E-state index contributed by atoms with van der Waals surface area (Å²) in [6, 6.07) is 5.94. The Balaban J connectivity index is 2.13. The molecule has 1 aromatic rings. The van der Waals surface area contributed by atoms with Crippen LogP contribution >= 0.6 is 0 Å². The maximum Gasteiger partial charge on any atom is 0.192 e. The van der Waals surface area contributed by atoms with Gasteiger partial charge < -0.3 is 0 Å². The van der Waals surface area contributed by atoms with E-state index in [1.807, 2.05) is 24.4 Å². The van der Waals surface area contributed by atoms with E-state index in [0.717, 1.165) is 31.4 Å². The van der Waals surface area contributed by atoms with Crippen molar-refractivity contribution in [2.75, 3.05) is 0 Å². The lowest BCUT2D eigenvalue weighted by Gasteiger charge is -1.97. The van der Waals surface area contributed by atoms with E-state index in [1.54, 1.807) is 0 Å². The maximum absolute atomic E-state index is 9.88. The van der Waals surface area contributed by atoms with E-state index in [4.69, 9.17) is 0 Å². The summed E-state index contributed by atoms with van der Waals surface area (Å²) in [4.78, 5) is 14.1. The highest BCUT2D eigenvalue weighted by molar-refractivity contribution is 5.72. The van der Waals surface area contributed by atoms with E-state index in [1.165, 1.54) is 0 Å². The first kappa shape index (κ1) is 10.5. The van der Waals surface area contributed by atoms with Crippen molar-refractivity contribution >= 4 is 6.29 Å². The Bertz CT molecular complexity index is 321. The molecule has 0 aliphatic carbocycles. The van der Waals surface area contributed by atoms with E-state index < -0.39 is 0 Å². The van der Waals surface area contributed by atoms with E-state index in [0.29, 0.717) is 6.29 Å². The van der Waals surface area contributed by atoms with Crippen LogP contribution in [0, 0.1) is 11.8 Å². The van der Waals surface area contributed by atoms with Gasteiger partial charge in [0, 0.05) is 18.3 Å². The number of aryl methyl sites for hydroxylation is 1. The third kappa shape index (κ3) is 4.42. The summed E-state index contributed by atoms with van der Waals surface area (Å²) < 4.78 is 0. The molecule has 0 amide bonds. The van der Waals surface area contributed by atoms with E-state index >= 15 is 0 Å². The van der Waals surface area contributed by atoms with Gasteiger partial charge in [-0.15, -0.1) is 0 Å². The third-order valence-corrected chi connectivity index (χ3v) is 1.87. The van der Waals surface area contributed by atoms with Crippen LogP contribution in [0.25, 0.3) is 0 Å². The standard InChI is InChI=1S/C12H13NO/c14-11-7-3-1-2-4-8-12-9-5-6-10-13-12/h5-6,9-11H,1-2,4,8H2. The van der Waals surface area contributed by atoms with Crippen LogP contribution in [0.15, 0.2) is 24.4 Å². The van der Waals surface area contributed by atoms with Crippen molar-refractivity contribution in [3.63, 3.8) is 0 Å². The van der Waals surface area contributed by atoms with Crippen molar-refractivity contribution in [1.82, 2.24) is 4.98 Å². The molecule has 0 N–H and O–H groups in total.